The average molecular weight is 520 g/mol. The van der Waals surface area contributed by atoms with Crippen LogP contribution in [0.15, 0.2) is 0 Å². The predicted octanol–water partition coefficient (Wildman–Crippen LogP) is 5.28. The van der Waals surface area contributed by atoms with Gasteiger partial charge >= 0.3 is 6.09 Å². The number of hydrogen-bond acceptors (Lipinski definition) is 5. The van der Waals surface area contributed by atoms with E-state index in [0.29, 0.717) is 48.0 Å². The molecule has 0 aliphatic heterocycles. The van der Waals surface area contributed by atoms with Gasteiger partial charge in [0.05, 0.1) is 31.0 Å². The molecule has 13 atom stereocenters. The Hall–Kier alpha value is -0.850. The molecule has 5 saturated carbocycles. The molecule has 4 unspecified atom stereocenters. The quantitative estimate of drug-likeness (QED) is 0.383. The fraction of sp³-hybridized carbons (Fsp3) is 0.968. The largest absolute Gasteiger partial charge is 0.450 e. The molecule has 0 aromatic carbocycles. The zero-order valence-electron chi connectivity index (χ0n) is 23.7. The second kappa shape index (κ2) is 10.6. The fourth-order valence-corrected chi connectivity index (χ4v) is 10.8. The van der Waals surface area contributed by atoms with E-state index in [9.17, 15) is 20.1 Å². The first-order valence-corrected chi connectivity index (χ1v) is 15.6. The summed E-state index contributed by atoms with van der Waals surface area (Å²) in [5.41, 5.74) is 0.469. The lowest BCUT2D eigenvalue weighted by Gasteiger charge is -2.64. The van der Waals surface area contributed by atoms with Gasteiger partial charge < -0.3 is 25.4 Å². The molecule has 0 spiro atoms. The summed E-state index contributed by atoms with van der Waals surface area (Å²) >= 11 is 0. The lowest BCUT2D eigenvalue weighted by molar-refractivity contribution is -0.203. The molecule has 5 aliphatic carbocycles. The van der Waals surface area contributed by atoms with Gasteiger partial charge in [-0.05, 0) is 123 Å². The Morgan fingerprint density at radius 1 is 0.973 bits per heavy atom. The standard InChI is InChI=1S/C31H53NO5/c1-5-20-24-17-19(33)11-14-31(24,4)23-12-15-30(3)21(9-10-22(30)27(23)28(20)35)18(2)13-16-37-29(36)32-25-7-6-8-26(25)34/h18-28,33-35H,5-17H2,1-4H3,(H,32,36)/t18-,19-,20-,21-,22+,23+,24+,25?,26?,27?,28-,30?,31-/m1/s1. The first kappa shape index (κ1) is 27.7. The molecule has 6 nitrogen and oxygen atoms in total. The molecule has 6 heteroatoms. The van der Waals surface area contributed by atoms with Gasteiger partial charge in [-0.25, -0.2) is 4.79 Å². The van der Waals surface area contributed by atoms with E-state index >= 15 is 0 Å². The first-order valence-electron chi connectivity index (χ1n) is 15.6. The summed E-state index contributed by atoms with van der Waals surface area (Å²) in [6.45, 7) is 9.99. The number of hydrogen-bond donors (Lipinski definition) is 4. The maximum absolute atomic E-state index is 12.3. The van der Waals surface area contributed by atoms with Gasteiger partial charge in [-0.2, -0.15) is 0 Å². The van der Waals surface area contributed by atoms with Crippen LogP contribution in [0.25, 0.3) is 0 Å². The van der Waals surface area contributed by atoms with Crippen molar-refractivity contribution in [2.45, 2.75) is 129 Å². The zero-order valence-corrected chi connectivity index (χ0v) is 23.7. The van der Waals surface area contributed by atoms with Crippen LogP contribution in [0.1, 0.15) is 105 Å². The highest BCUT2D eigenvalue weighted by Gasteiger charge is 2.64. The van der Waals surface area contributed by atoms with Gasteiger partial charge in [0.2, 0.25) is 0 Å². The van der Waals surface area contributed by atoms with E-state index in [-0.39, 0.29) is 29.1 Å². The van der Waals surface area contributed by atoms with E-state index in [1.54, 1.807) is 0 Å². The number of rotatable bonds is 6. The Kier molecular flexibility index (Phi) is 7.95. The molecule has 0 bridgehead atoms. The van der Waals surface area contributed by atoms with E-state index in [0.717, 1.165) is 51.4 Å². The molecule has 5 aliphatic rings. The summed E-state index contributed by atoms with van der Waals surface area (Å²) in [6, 6.07) is -0.169. The second-order valence-electron chi connectivity index (χ2n) is 14.3. The van der Waals surface area contributed by atoms with Gasteiger partial charge in [0, 0.05) is 0 Å². The lowest BCUT2D eigenvalue weighted by atomic mass is 9.41. The summed E-state index contributed by atoms with van der Waals surface area (Å²) in [5, 5.41) is 35.2. The molecule has 0 heterocycles. The van der Waals surface area contributed by atoms with E-state index in [1.807, 2.05) is 0 Å². The molecule has 0 aromatic rings. The maximum atomic E-state index is 12.3. The average Bonchev–Trinajstić information content (AvgIpc) is 3.42. The Bertz CT molecular complexity index is 821. The number of nitrogens with one attached hydrogen (secondary N) is 1. The van der Waals surface area contributed by atoms with Crippen LogP contribution in [0.4, 0.5) is 4.79 Å². The van der Waals surface area contributed by atoms with Crippen LogP contribution in [-0.4, -0.2) is 52.4 Å². The van der Waals surface area contributed by atoms with Crippen molar-refractivity contribution in [2.75, 3.05) is 6.61 Å². The lowest BCUT2D eigenvalue weighted by Crippen LogP contribution is -2.62. The number of carbonyl (C=O) groups excluding carboxylic acids is 1. The molecule has 0 saturated heterocycles. The van der Waals surface area contributed by atoms with Crippen LogP contribution in [0.3, 0.4) is 0 Å². The van der Waals surface area contributed by atoms with Gasteiger partial charge in [0.1, 0.15) is 0 Å². The first-order chi connectivity index (χ1) is 17.6. The Labute approximate surface area is 224 Å². The van der Waals surface area contributed by atoms with Crippen molar-refractivity contribution in [2.24, 2.45) is 52.3 Å². The fourth-order valence-electron chi connectivity index (χ4n) is 10.8. The Morgan fingerprint density at radius 3 is 2.41 bits per heavy atom. The van der Waals surface area contributed by atoms with Crippen molar-refractivity contribution in [3.8, 4) is 0 Å². The van der Waals surface area contributed by atoms with E-state index < -0.39 is 12.2 Å². The molecule has 0 aromatic heterocycles. The molecule has 37 heavy (non-hydrogen) atoms. The topological polar surface area (TPSA) is 99.0 Å². The summed E-state index contributed by atoms with van der Waals surface area (Å²) in [6.07, 6.45) is 10.8. The number of amides is 1. The molecule has 212 valence electrons. The number of carbonyl (C=O) groups is 1. The Balaban J connectivity index is 1.23. The zero-order chi connectivity index (χ0) is 26.5. The molecule has 5 fully saturated rings. The molecular formula is C31H53NO5. The summed E-state index contributed by atoms with van der Waals surface area (Å²) in [5.74, 6) is 3.28. The molecular weight excluding hydrogens is 466 g/mol. The minimum Gasteiger partial charge on any atom is -0.450 e. The number of ether oxygens (including phenoxy) is 1. The highest BCUT2D eigenvalue weighted by atomic mass is 16.5. The third-order valence-corrected chi connectivity index (χ3v) is 12.7. The number of aliphatic hydroxyl groups is 3. The number of fused-ring (bicyclic) bond motifs is 5. The monoisotopic (exact) mass is 519 g/mol. The summed E-state index contributed by atoms with van der Waals surface area (Å²) in [7, 11) is 0. The van der Waals surface area contributed by atoms with Crippen molar-refractivity contribution >= 4 is 6.09 Å². The van der Waals surface area contributed by atoms with E-state index in [1.165, 1.54) is 25.7 Å². The summed E-state index contributed by atoms with van der Waals surface area (Å²) < 4.78 is 5.54. The van der Waals surface area contributed by atoms with Crippen molar-refractivity contribution in [1.82, 2.24) is 5.32 Å². The van der Waals surface area contributed by atoms with Crippen LogP contribution in [-0.2, 0) is 4.74 Å². The molecule has 0 radical (unpaired) electrons. The van der Waals surface area contributed by atoms with Crippen LogP contribution < -0.4 is 5.32 Å². The minimum atomic E-state index is -0.448. The number of alkyl carbamates (subject to hydrolysis) is 1. The molecule has 1 amide bonds. The normalized spacial score (nSPS) is 50.0. The smallest absolute Gasteiger partial charge is 0.407 e. The van der Waals surface area contributed by atoms with Crippen LogP contribution >= 0.6 is 0 Å². The Morgan fingerprint density at radius 2 is 1.70 bits per heavy atom. The maximum Gasteiger partial charge on any atom is 0.407 e. The van der Waals surface area contributed by atoms with Crippen LogP contribution in [0, 0.1) is 52.3 Å². The van der Waals surface area contributed by atoms with Gasteiger partial charge in [0.25, 0.3) is 0 Å². The highest BCUT2D eigenvalue weighted by Crippen LogP contribution is 2.69. The van der Waals surface area contributed by atoms with Crippen molar-refractivity contribution in [1.29, 1.82) is 0 Å². The SMILES string of the molecule is CC[C@H]1[C@@H](O)C2[C@@H]3CC[C@H]([C@H](C)CCOC(=O)NC4CCCC4O)C3(C)CC[C@@H]2[C@@]2(C)CC[C@@H](O)C[C@@H]12. The van der Waals surface area contributed by atoms with Crippen molar-refractivity contribution in [3.05, 3.63) is 0 Å². The van der Waals surface area contributed by atoms with Gasteiger partial charge in [-0.3, -0.25) is 0 Å². The van der Waals surface area contributed by atoms with Gasteiger partial charge in [0.15, 0.2) is 0 Å². The van der Waals surface area contributed by atoms with Crippen LogP contribution in [0.5, 0.6) is 0 Å². The van der Waals surface area contributed by atoms with Crippen LogP contribution in [0.2, 0.25) is 0 Å². The van der Waals surface area contributed by atoms with Gasteiger partial charge in [-0.15, -0.1) is 0 Å². The summed E-state index contributed by atoms with van der Waals surface area (Å²) in [4.78, 5) is 12.3. The van der Waals surface area contributed by atoms with E-state index in [2.05, 4.69) is 33.0 Å². The second-order valence-corrected chi connectivity index (χ2v) is 14.3. The predicted molar refractivity (Wildman–Crippen MR) is 144 cm³/mol. The van der Waals surface area contributed by atoms with E-state index in [4.69, 9.17) is 4.74 Å². The third-order valence-electron chi connectivity index (χ3n) is 12.7. The van der Waals surface area contributed by atoms with Gasteiger partial charge in [-0.1, -0.05) is 34.1 Å². The third kappa shape index (κ3) is 4.75. The molecule has 4 N–H and O–H groups in total. The molecule has 5 rings (SSSR count). The number of aliphatic hydroxyl groups excluding tert-OH is 3. The van der Waals surface area contributed by atoms with Crippen molar-refractivity contribution in [3.63, 3.8) is 0 Å². The minimum absolute atomic E-state index is 0.169. The van der Waals surface area contributed by atoms with Crippen molar-refractivity contribution < 1.29 is 24.9 Å². The highest BCUT2D eigenvalue weighted by molar-refractivity contribution is 5.67.